The lowest BCUT2D eigenvalue weighted by Crippen LogP contribution is -2.35. The number of nitrogens with zero attached hydrogens (tertiary/aromatic N) is 1. The van der Waals surface area contributed by atoms with Gasteiger partial charge in [0.2, 0.25) is 10.0 Å². The van der Waals surface area contributed by atoms with Gasteiger partial charge in [-0.15, -0.1) is 11.3 Å². The van der Waals surface area contributed by atoms with Gasteiger partial charge in [0.15, 0.2) is 0 Å². The topological polar surface area (TPSA) is 87.7 Å². The van der Waals surface area contributed by atoms with Crippen molar-refractivity contribution in [3.05, 3.63) is 71.1 Å². The van der Waals surface area contributed by atoms with E-state index in [9.17, 15) is 13.2 Å². The second-order valence-electron chi connectivity index (χ2n) is 7.55. The molecule has 0 radical (unpaired) electrons. The molecule has 2 aromatic carbocycles. The molecule has 7 nitrogen and oxygen atoms in total. The molecule has 9 heteroatoms. The predicted molar refractivity (Wildman–Crippen MR) is 129 cm³/mol. The Balaban J connectivity index is 1.52. The lowest BCUT2D eigenvalue weighted by molar-refractivity contribution is 0.0955. The van der Waals surface area contributed by atoms with Gasteiger partial charge >= 0.3 is 0 Å². The van der Waals surface area contributed by atoms with Crippen LogP contribution in [0.25, 0.3) is 11.1 Å². The van der Waals surface area contributed by atoms with Crippen molar-refractivity contribution < 1.29 is 17.9 Å². The molecular formula is C23H25N3O4S2. The fourth-order valence-corrected chi connectivity index (χ4v) is 5.25. The average Bonchev–Trinajstić information content (AvgIpc) is 3.23. The predicted octanol–water partition coefficient (Wildman–Crippen LogP) is 3.55. The van der Waals surface area contributed by atoms with E-state index < -0.39 is 10.0 Å². The molecule has 1 aliphatic heterocycles. The minimum atomic E-state index is -3.36. The molecule has 32 heavy (non-hydrogen) atoms. The number of benzene rings is 2. The average molecular weight is 472 g/mol. The highest BCUT2D eigenvalue weighted by atomic mass is 32.2. The smallest absolute Gasteiger partial charge is 0.261 e. The highest BCUT2D eigenvalue weighted by molar-refractivity contribution is 7.92. The molecule has 0 unspecified atom stereocenters. The minimum Gasteiger partial charge on any atom is -0.378 e. The van der Waals surface area contributed by atoms with E-state index in [0.717, 1.165) is 41.0 Å². The Morgan fingerprint density at radius 1 is 1.06 bits per heavy atom. The van der Waals surface area contributed by atoms with Gasteiger partial charge in [0.1, 0.15) is 0 Å². The Morgan fingerprint density at radius 3 is 2.53 bits per heavy atom. The number of amides is 1. The number of sulfonamides is 1. The van der Waals surface area contributed by atoms with Gasteiger partial charge in [0, 0.05) is 30.9 Å². The number of ether oxygens (including phenoxy) is 1. The summed E-state index contributed by atoms with van der Waals surface area (Å²) >= 11 is 1.48. The van der Waals surface area contributed by atoms with Crippen LogP contribution in [0.1, 0.15) is 15.2 Å². The third-order valence-corrected chi connectivity index (χ3v) is 6.80. The van der Waals surface area contributed by atoms with Gasteiger partial charge in [-0.2, -0.15) is 0 Å². The van der Waals surface area contributed by atoms with E-state index in [1.807, 2.05) is 42.5 Å². The van der Waals surface area contributed by atoms with Gasteiger partial charge in [-0.05, 0) is 29.3 Å². The largest absolute Gasteiger partial charge is 0.378 e. The van der Waals surface area contributed by atoms with E-state index in [1.165, 1.54) is 11.3 Å². The third-order valence-electron chi connectivity index (χ3n) is 5.00. The molecular weight excluding hydrogens is 446 g/mol. The Morgan fingerprint density at radius 2 is 1.81 bits per heavy atom. The van der Waals surface area contributed by atoms with Crippen molar-refractivity contribution in [2.24, 2.45) is 0 Å². The van der Waals surface area contributed by atoms with E-state index in [0.29, 0.717) is 30.3 Å². The fourth-order valence-electron chi connectivity index (χ4n) is 3.55. The van der Waals surface area contributed by atoms with Crippen LogP contribution in [0, 0.1) is 0 Å². The van der Waals surface area contributed by atoms with E-state index in [4.69, 9.17) is 4.74 Å². The second kappa shape index (κ2) is 9.72. The summed E-state index contributed by atoms with van der Waals surface area (Å²) in [4.78, 5) is 15.9. The molecule has 1 aromatic heterocycles. The fraction of sp³-hybridized carbons (Fsp3) is 0.261. The Hall–Kier alpha value is -2.88. The summed E-state index contributed by atoms with van der Waals surface area (Å²) in [7, 11) is -3.36. The molecule has 4 rings (SSSR count). The summed E-state index contributed by atoms with van der Waals surface area (Å²) in [6.45, 7) is 3.23. The first-order chi connectivity index (χ1) is 15.4. The summed E-state index contributed by atoms with van der Waals surface area (Å²) in [6.07, 6.45) is 1.11. The Labute approximate surface area is 192 Å². The Kier molecular flexibility index (Phi) is 6.78. The molecule has 3 aromatic rings. The lowest BCUT2D eigenvalue weighted by atomic mass is 10.1. The highest BCUT2D eigenvalue weighted by Gasteiger charge is 2.21. The highest BCUT2D eigenvalue weighted by Crippen LogP contribution is 2.39. The van der Waals surface area contributed by atoms with Crippen molar-refractivity contribution in [2.75, 3.05) is 42.2 Å². The minimum absolute atomic E-state index is 0.159. The van der Waals surface area contributed by atoms with Crippen molar-refractivity contribution in [3.63, 3.8) is 0 Å². The molecule has 168 valence electrons. The number of carbonyl (C=O) groups is 1. The Bertz CT molecular complexity index is 1190. The van der Waals surface area contributed by atoms with E-state index in [2.05, 4.69) is 14.9 Å². The SMILES string of the molecule is CS(=O)(=O)Nc1cccc(CNC(=O)c2cc(-c3ccccc3)c(N3CCOCC3)s2)c1. The molecule has 0 bridgehead atoms. The molecule has 1 amide bonds. The normalized spacial score (nSPS) is 14.2. The van der Waals surface area contributed by atoms with Crippen molar-refractivity contribution in [1.82, 2.24) is 5.32 Å². The number of anilines is 2. The summed E-state index contributed by atoms with van der Waals surface area (Å²) in [5, 5.41) is 4.02. The number of nitrogens with one attached hydrogen (secondary N) is 2. The van der Waals surface area contributed by atoms with Crippen LogP contribution in [0.2, 0.25) is 0 Å². The van der Waals surface area contributed by atoms with Gasteiger partial charge < -0.3 is 15.0 Å². The van der Waals surface area contributed by atoms with Crippen molar-refractivity contribution in [3.8, 4) is 11.1 Å². The van der Waals surface area contributed by atoms with Gasteiger partial charge in [0.05, 0.1) is 29.3 Å². The molecule has 1 aliphatic rings. The molecule has 0 saturated carbocycles. The van der Waals surface area contributed by atoms with Crippen LogP contribution >= 0.6 is 11.3 Å². The zero-order valence-electron chi connectivity index (χ0n) is 17.7. The molecule has 2 N–H and O–H groups in total. The number of hydrogen-bond donors (Lipinski definition) is 2. The summed E-state index contributed by atoms with van der Waals surface area (Å²) in [5.41, 5.74) is 3.39. The summed E-state index contributed by atoms with van der Waals surface area (Å²) < 4.78 is 30.8. The van der Waals surface area contributed by atoms with Crippen LogP contribution in [0.15, 0.2) is 60.7 Å². The maximum Gasteiger partial charge on any atom is 0.261 e. The maximum atomic E-state index is 13.0. The van der Waals surface area contributed by atoms with E-state index in [1.54, 1.807) is 18.2 Å². The monoisotopic (exact) mass is 471 g/mol. The lowest BCUT2D eigenvalue weighted by Gasteiger charge is -2.28. The van der Waals surface area contributed by atoms with Crippen LogP contribution in [-0.4, -0.2) is 46.9 Å². The van der Waals surface area contributed by atoms with Gasteiger partial charge in [0.25, 0.3) is 5.91 Å². The molecule has 1 saturated heterocycles. The molecule has 0 spiro atoms. The van der Waals surface area contributed by atoms with Crippen LogP contribution in [0.3, 0.4) is 0 Å². The zero-order valence-corrected chi connectivity index (χ0v) is 19.3. The van der Waals surface area contributed by atoms with Gasteiger partial charge in [-0.1, -0.05) is 42.5 Å². The first-order valence-electron chi connectivity index (χ1n) is 10.3. The summed E-state index contributed by atoms with van der Waals surface area (Å²) in [6, 6.07) is 19.0. The van der Waals surface area contributed by atoms with Crippen LogP contribution < -0.4 is 14.9 Å². The van der Waals surface area contributed by atoms with Crippen molar-refractivity contribution >= 4 is 38.0 Å². The number of morpholine rings is 1. The van der Waals surface area contributed by atoms with Crippen molar-refractivity contribution in [1.29, 1.82) is 0 Å². The molecule has 0 aliphatic carbocycles. The van der Waals surface area contributed by atoms with E-state index >= 15 is 0 Å². The van der Waals surface area contributed by atoms with E-state index in [-0.39, 0.29) is 5.91 Å². The first-order valence-corrected chi connectivity index (χ1v) is 13.0. The first kappa shape index (κ1) is 22.3. The molecule has 1 fully saturated rings. The zero-order chi connectivity index (χ0) is 22.6. The number of hydrogen-bond acceptors (Lipinski definition) is 6. The van der Waals surface area contributed by atoms with Crippen molar-refractivity contribution in [2.45, 2.75) is 6.54 Å². The number of thiophene rings is 1. The van der Waals surface area contributed by atoms with Gasteiger partial charge in [-0.25, -0.2) is 8.42 Å². The van der Waals surface area contributed by atoms with Crippen LogP contribution in [0.4, 0.5) is 10.7 Å². The third kappa shape index (κ3) is 5.67. The summed E-state index contributed by atoms with van der Waals surface area (Å²) in [5.74, 6) is -0.159. The second-order valence-corrected chi connectivity index (χ2v) is 10.3. The molecule has 2 heterocycles. The maximum absolute atomic E-state index is 13.0. The quantitative estimate of drug-likeness (QED) is 0.550. The van der Waals surface area contributed by atoms with Crippen LogP contribution in [-0.2, 0) is 21.3 Å². The van der Waals surface area contributed by atoms with Gasteiger partial charge in [-0.3, -0.25) is 9.52 Å². The standard InChI is InChI=1S/C23H25N3O4S2/c1-32(28,29)25-19-9-5-6-17(14-19)16-24-22(27)21-15-20(18-7-3-2-4-8-18)23(31-21)26-10-12-30-13-11-26/h2-9,14-15,25H,10-13,16H2,1H3,(H,24,27). The van der Waals surface area contributed by atoms with Crippen LogP contribution in [0.5, 0.6) is 0 Å². The number of carbonyl (C=O) groups excluding carboxylic acids is 1. The number of rotatable bonds is 7. The molecule has 0 atom stereocenters.